The first-order chi connectivity index (χ1) is 8.70. The van der Waals surface area contributed by atoms with Crippen molar-refractivity contribution >= 4 is 11.6 Å². The number of rotatable bonds is 4. The summed E-state index contributed by atoms with van der Waals surface area (Å²) in [7, 11) is 1.62. The van der Waals surface area contributed by atoms with Crippen molar-refractivity contribution in [3.05, 3.63) is 23.8 Å². The second kappa shape index (κ2) is 5.26. The van der Waals surface area contributed by atoms with Crippen molar-refractivity contribution in [2.24, 2.45) is 0 Å². The van der Waals surface area contributed by atoms with Crippen LogP contribution in [0.3, 0.4) is 0 Å². The lowest BCUT2D eigenvalue weighted by molar-refractivity contribution is -0.120. The van der Waals surface area contributed by atoms with Gasteiger partial charge in [-0.25, -0.2) is 5.10 Å². The molecule has 0 saturated carbocycles. The van der Waals surface area contributed by atoms with Gasteiger partial charge in [0.1, 0.15) is 0 Å². The molecular weight excluding hydrogens is 232 g/mol. The third kappa shape index (κ3) is 2.62. The van der Waals surface area contributed by atoms with Crippen molar-refractivity contribution < 1.29 is 4.79 Å². The van der Waals surface area contributed by atoms with Crippen LogP contribution in [0.1, 0.15) is 12.0 Å². The summed E-state index contributed by atoms with van der Waals surface area (Å²) >= 11 is 0. The summed E-state index contributed by atoms with van der Waals surface area (Å²) in [6, 6.07) is 5.57. The van der Waals surface area contributed by atoms with Crippen LogP contribution in [0, 0.1) is 0 Å². The third-order valence-electron chi connectivity index (χ3n) is 2.64. The van der Waals surface area contributed by atoms with Crippen LogP contribution in [0.5, 0.6) is 0 Å². The van der Waals surface area contributed by atoms with Crippen LogP contribution in [-0.4, -0.2) is 33.6 Å². The molecule has 4 N–H and O–H groups in total. The molecule has 1 heterocycles. The molecule has 0 aliphatic carbocycles. The van der Waals surface area contributed by atoms with Crippen LogP contribution in [0.25, 0.3) is 11.4 Å². The summed E-state index contributed by atoms with van der Waals surface area (Å²) in [6.07, 6.45) is 1.09. The zero-order valence-corrected chi connectivity index (χ0v) is 9.97. The van der Waals surface area contributed by atoms with E-state index in [1.807, 2.05) is 12.1 Å². The van der Waals surface area contributed by atoms with E-state index in [1.165, 1.54) is 0 Å². The summed E-state index contributed by atoms with van der Waals surface area (Å²) in [5, 5.41) is 16.1. The number of carbonyl (C=O) groups excluding carboxylic acids is 1. The lowest BCUT2D eigenvalue weighted by atomic mass is 10.0. The lowest BCUT2D eigenvalue weighted by Gasteiger charge is -2.06. The molecule has 0 bridgehead atoms. The van der Waals surface area contributed by atoms with E-state index in [-0.39, 0.29) is 5.91 Å². The Morgan fingerprint density at radius 1 is 1.50 bits per heavy atom. The van der Waals surface area contributed by atoms with Gasteiger partial charge < -0.3 is 11.1 Å². The average molecular weight is 246 g/mol. The van der Waals surface area contributed by atoms with Crippen molar-refractivity contribution in [1.82, 2.24) is 25.9 Å². The van der Waals surface area contributed by atoms with Crippen molar-refractivity contribution in [2.45, 2.75) is 12.8 Å². The Kier molecular flexibility index (Phi) is 3.52. The number of aromatic amines is 1. The number of aryl methyl sites for hydroxylation is 1. The Bertz CT molecular complexity index is 536. The largest absolute Gasteiger partial charge is 0.398 e. The number of benzene rings is 1. The number of hydrogen-bond acceptors (Lipinski definition) is 5. The second-order valence-electron chi connectivity index (χ2n) is 3.84. The van der Waals surface area contributed by atoms with Crippen LogP contribution < -0.4 is 11.1 Å². The minimum atomic E-state index is 0.00899. The van der Waals surface area contributed by atoms with Crippen molar-refractivity contribution in [3.8, 4) is 11.4 Å². The lowest BCUT2D eigenvalue weighted by Crippen LogP contribution is -2.17. The number of carbonyl (C=O) groups is 1. The van der Waals surface area contributed by atoms with Gasteiger partial charge in [0.2, 0.25) is 5.91 Å². The molecule has 0 spiro atoms. The van der Waals surface area contributed by atoms with Gasteiger partial charge in [0.25, 0.3) is 0 Å². The summed E-state index contributed by atoms with van der Waals surface area (Å²) < 4.78 is 0. The Morgan fingerprint density at radius 3 is 3.00 bits per heavy atom. The third-order valence-corrected chi connectivity index (χ3v) is 2.64. The minimum Gasteiger partial charge on any atom is -0.398 e. The Labute approximate surface area is 104 Å². The summed E-state index contributed by atoms with van der Waals surface area (Å²) in [4.78, 5) is 11.2. The van der Waals surface area contributed by atoms with Gasteiger partial charge in [0.15, 0.2) is 5.82 Å². The number of nitrogens with two attached hydrogens (primary N) is 1. The van der Waals surface area contributed by atoms with E-state index in [0.717, 1.165) is 11.1 Å². The molecule has 0 atom stereocenters. The molecule has 0 fully saturated rings. The fraction of sp³-hybridized carbons (Fsp3) is 0.273. The van der Waals surface area contributed by atoms with Gasteiger partial charge >= 0.3 is 0 Å². The van der Waals surface area contributed by atoms with Gasteiger partial charge in [-0.1, -0.05) is 6.07 Å². The fourth-order valence-electron chi connectivity index (χ4n) is 1.62. The molecule has 0 unspecified atom stereocenters. The molecule has 94 valence electrons. The van der Waals surface area contributed by atoms with Crippen molar-refractivity contribution in [1.29, 1.82) is 0 Å². The van der Waals surface area contributed by atoms with E-state index < -0.39 is 0 Å². The van der Waals surface area contributed by atoms with E-state index in [4.69, 9.17) is 5.73 Å². The molecule has 2 aromatic rings. The highest BCUT2D eigenvalue weighted by molar-refractivity contribution is 5.76. The topological polar surface area (TPSA) is 110 Å². The normalized spacial score (nSPS) is 10.3. The Balaban J connectivity index is 2.19. The van der Waals surface area contributed by atoms with Crippen LogP contribution >= 0.6 is 0 Å². The van der Waals surface area contributed by atoms with Crippen molar-refractivity contribution in [3.63, 3.8) is 0 Å². The zero-order chi connectivity index (χ0) is 13.0. The zero-order valence-electron chi connectivity index (χ0n) is 9.97. The van der Waals surface area contributed by atoms with E-state index in [9.17, 15) is 4.79 Å². The highest BCUT2D eigenvalue weighted by atomic mass is 16.1. The number of tetrazole rings is 1. The maximum atomic E-state index is 11.2. The second-order valence-corrected chi connectivity index (χ2v) is 3.84. The SMILES string of the molecule is CNC(=O)CCc1ccc(N)c(-c2nnn[nH]2)c1. The highest BCUT2D eigenvalue weighted by Gasteiger charge is 2.08. The standard InChI is InChI=1S/C11H14N6O/c1-13-10(18)5-3-7-2-4-9(12)8(6-7)11-14-16-17-15-11/h2,4,6H,3,5,12H2,1H3,(H,13,18)(H,14,15,16,17). The van der Waals surface area contributed by atoms with Gasteiger partial charge in [-0.15, -0.1) is 5.10 Å². The molecule has 18 heavy (non-hydrogen) atoms. The molecule has 0 aliphatic heterocycles. The fourth-order valence-corrected chi connectivity index (χ4v) is 1.62. The summed E-state index contributed by atoms with van der Waals surface area (Å²) in [5.41, 5.74) is 8.22. The summed E-state index contributed by atoms with van der Waals surface area (Å²) in [6.45, 7) is 0. The molecule has 2 rings (SSSR count). The molecule has 0 aliphatic rings. The number of nitrogen functional groups attached to an aromatic ring is 1. The van der Waals surface area contributed by atoms with Gasteiger partial charge in [-0.3, -0.25) is 4.79 Å². The number of anilines is 1. The highest BCUT2D eigenvalue weighted by Crippen LogP contribution is 2.23. The van der Waals surface area contributed by atoms with Crippen molar-refractivity contribution in [2.75, 3.05) is 12.8 Å². The number of amides is 1. The van der Waals surface area contributed by atoms with E-state index in [2.05, 4.69) is 25.9 Å². The molecule has 7 nitrogen and oxygen atoms in total. The van der Waals surface area contributed by atoms with E-state index in [1.54, 1.807) is 13.1 Å². The number of nitrogens with zero attached hydrogens (tertiary/aromatic N) is 3. The number of H-pyrrole nitrogens is 1. The number of aromatic nitrogens is 4. The number of nitrogens with one attached hydrogen (secondary N) is 2. The Hall–Kier alpha value is -2.44. The van der Waals surface area contributed by atoms with E-state index in [0.29, 0.717) is 24.4 Å². The predicted molar refractivity (Wildman–Crippen MR) is 66.4 cm³/mol. The number of hydrogen-bond donors (Lipinski definition) is 3. The molecule has 0 radical (unpaired) electrons. The Morgan fingerprint density at radius 2 is 2.33 bits per heavy atom. The molecule has 1 amide bonds. The minimum absolute atomic E-state index is 0.00899. The molecule has 7 heteroatoms. The maximum Gasteiger partial charge on any atom is 0.220 e. The monoisotopic (exact) mass is 246 g/mol. The van der Waals surface area contributed by atoms with Crippen LogP contribution in [0.15, 0.2) is 18.2 Å². The molecule has 0 saturated heterocycles. The predicted octanol–water partition coefficient (Wildman–Crippen LogP) is 0.127. The quantitative estimate of drug-likeness (QED) is 0.664. The first-order valence-electron chi connectivity index (χ1n) is 5.54. The van der Waals surface area contributed by atoms with Gasteiger partial charge in [0, 0.05) is 24.7 Å². The first-order valence-corrected chi connectivity index (χ1v) is 5.54. The molecular formula is C11H14N6O. The van der Waals surface area contributed by atoms with Crippen LogP contribution in [-0.2, 0) is 11.2 Å². The van der Waals surface area contributed by atoms with E-state index >= 15 is 0 Å². The molecule has 1 aromatic heterocycles. The van der Waals surface area contributed by atoms with Crippen LogP contribution in [0.4, 0.5) is 5.69 Å². The van der Waals surface area contributed by atoms with Gasteiger partial charge in [0.05, 0.1) is 0 Å². The first kappa shape index (κ1) is 12.0. The van der Waals surface area contributed by atoms with Gasteiger partial charge in [-0.05, 0) is 34.5 Å². The van der Waals surface area contributed by atoms with Gasteiger partial charge in [-0.2, -0.15) is 0 Å². The summed E-state index contributed by atoms with van der Waals surface area (Å²) in [5.74, 6) is 0.531. The smallest absolute Gasteiger partial charge is 0.220 e. The average Bonchev–Trinajstić information content (AvgIpc) is 2.91. The van der Waals surface area contributed by atoms with Crippen LogP contribution in [0.2, 0.25) is 0 Å². The maximum absolute atomic E-state index is 11.2. The molecule has 1 aromatic carbocycles.